The van der Waals surface area contributed by atoms with Crippen LogP contribution in [0.4, 0.5) is 0 Å². The smallest absolute Gasteiger partial charge is 0.246 e. The van der Waals surface area contributed by atoms with Crippen LogP contribution in [0.3, 0.4) is 0 Å². The molecule has 18 heavy (non-hydrogen) atoms. The molecule has 0 aliphatic rings. The van der Waals surface area contributed by atoms with Gasteiger partial charge in [0.2, 0.25) is 6.33 Å². The second kappa shape index (κ2) is 4.43. The molecule has 0 spiro atoms. The molecular weight excluding hydrogens is 293 g/mol. The van der Waals surface area contributed by atoms with Crippen LogP contribution in [0.15, 0.2) is 36.9 Å². The number of hydrogen-bond acceptors (Lipinski definition) is 1. The first-order valence-corrected chi connectivity index (χ1v) is 6.29. The molecule has 2 aromatic heterocycles. The molecule has 0 unspecified atom stereocenters. The van der Waals surface area contributed by atoms with E-state index in [1.54, 1.807) is 12.1 Å². The molecule has 3 rings (SSSR count). The van der Waals surface area contributed by atoms with Gasteiger partial charge in [-0.2, -0.15) is 0 Å². The average molecular weight is 300 g/mol. The molecule has 3 aromatic rings. The molecule has 6 heteroatoms. The highest BCUT2D eigenvalue weighted by Gasteiger charge is 2.14. The van der Waals surface area contributed by atoms with Crippen molar-refractivity contribution >= 4 is 45.7 Å². The summed E-state index contributed by atoms with van der Waals surface area (Å²) in [5, 5.41) is 2.13. The van der Waals surface area contributed by atoms with E-state index in [4.69, 9.17) is 34.8 Å². The summed E-state index contributed by atoms with van der Waals surface area (Å²) >= 11 is 18.2. The second-order valence-electron chi connectivity index (χ2n) is 3.74. The fourth-order valence-corrected chi connectivity index (χ4v) is 2.39. The van der Waals surface area contributed by atoms with E-state index in [9.17, 15) is 0 Å². The van der Waals surface area contributed by atoms with Crippen molar-refractivity contribution in [2.45, 2.75) is 0 Å². The third-order valence-electron chi connectivity index (χ3n) is 2.64. The molecular formula is C12H7Cl3N3+. The number of hydrogen-bond donors (Lipinski definition) is 1. The molecule has 90 valence electrons. The number of fused-ring (bicyclic) bond motifs is 1. The summed E-state index contributed by atoms with van der Waals surface area (Å²) in [6, 6.07) is 5.41. The summed E-state index contributed by atoms with van der Waals surface area (Å²) in [5.41, 5.74) is 1.49. The van der Waals surface area contributed by atoms with Gasteiger partial charge in [-0.1, -0.05) is 34.8 Å². The predicted molar refractivity (Wildman–Crippen MR) is 72.7 cm³/mol. The van der Waals surface area contributed by atoms with Crippen LogP contribution < -0.4 is 4.57 Å². The van der Waals surface area contributed by atoms with E-state index in [0.29, 0.717) is 20.7 Å². The first kappa shape index (κ1) is 11.8. The van der Waals surface area contributed by atoms with Crippen LogP contribution >= 0.6 is 34.8 Å². The Bertz CT molecular complexity index is 723. The van der Waals surface area contributed by atoms with Crippen LogP contribution in [0, 0.1) is 0 Å². The van der Waals surface area contributed by atoms with Gasteiger partial charge in [0.05, 0.1) is 15.6 Å². The van der Waals surface area contributed by atoms with Gasteiger partial charge in [0, 0.05) is 11.5 Å². The summed E-state index contributed by atoms with van der Waals surface area (Å²) < 4.78 is 1.90. The quantitative estimate of drug-likeness (QED) is 0.538. The molecule has 3 nitrogen and oxygen atoms in total. The molecule has 2 heterocycles. The molecule has 0 aliphatic heterocycles. The second-order valence-corrected chi connectivity index (χ2v) is 4.91. The Morgan fingerprint density at radius 2 is 2.00 bits per heavy atom. The van der Waals surface area contributed by atoms with Crippen molar-refractivity contribution in [3.8, 4) is 5.69 Å². The predicted octanol–water partition coefficient (Wildman–Crippen LogP) is 3.80. The maximum atomic E-state index is 6.16. The fraction of sp³-hybridized carbons (Fsp3) is 0. The highest BCUT2D eigenvalue weighted by Crippen LogP contribution is 2.32. The van der Waals surface area contributed by atoms with E-state index in [0.717, 1.165) is 11.1 Å². The minimum absolute atomic E-state index is 0.371. The van der Waals surface area contributed by atoms with Gasteiger partial charge < -0.3 is 0 Å². The minimum atomic E-state index is 0.371. The lowest BCUT2D eigenvalue weighted by atomic mass is 10.2. The van der Waals surface area contributed by atoms with Crippen LogP contribution in [0.1, 0.15) is 0 Å². The molecule has 0 aliphatic carbocycles. The zero-order chi connectivity index (χ0) is 12.7. The van der Waals surface area contributed by atoms with E-state index >= 15 is 0 Å². The Kier molecular flexibility index (Phi) is 2.90. The summed E-state index contributed by atoms with van der Waals surface area (Å²) in [4.78, 5) is 7.21. The number of imidazole rings is 1. The van der Waals surface area contributed by atoms with E-state index in [1.807, 2.05) is 29.4 Å². The highest BCUT2D eigenvalue weighted by atomic mass is 35.5. The maximum Gasteiger partial charge on any atom is 0.246 e. The Hall–Kier alpha value is -1.29. The summed E-state index contributed by atoms with van der Waals surface area (Å²) in [6.45, 7) is 0. The lowest BCUT2D eigenvalue weighted by Gasteiger charge is -2.06. The highest BCUT2D eigenvalue weighted by molar-refractivity contribution is 6.45. The van der Waals surface area contributed by atoms with E-state index < -0.39 is 0 Å². The van der Waals surface area contributed by atoms with Crippen molar-refractivity contribution < 1.29 is 4.57 Å². The SMILES string of the molecule is Clc1cc(-[n+]2cc[nH]c2)c2ccc(Cl)c(Cl)c2n1. The molecule has 0 saturated carbocycles. The number of benzene rings is 1. The topological polar surface area (TPSA) is 32.6 Å². The van der Waals surface area contributed by atoms with Gasteiger partial charge in [-0.25, -0.2) is 14.5 Å². The Morgan fingerprint density at radius 3 is 2.72 bits per heavy atom. The van der Waals surface area contributed by atoms with E-state index in [2.05, 4.69) is 9.97 Å². The van der Waals surface area contributed by atoms with E-state index in [1.165, 1.54) is 0 Å². The molecule has 0 saturated heterocycles. The maximum absolute atomic E-state index is 6.16. The average Bonchev–Trinajstić information content (AvgIpc) is 2.87. The molecule has 0 bridgehead atoms. The molecule has 1 N–H and O–H groups in total. The first-order valence-electron chi connectivity index (χ1n) is 5.15. The normalized spacial score (nSPS) is 11.1. The first-order chi connectivity index (χ1) is 8.66. The van der Waals surface area contributed by atoms with Crippen molar-refractivity contribution in [2.75, 3.05) is 0 Å². The number of aromatic nitrogens is 3. The molecule has 0 amide bonds. The number of nitrogens with zero attached hydrogens (tertiary/aromatic N) is 2. The zero-order valence-corrected chi connectivity index (χ0v) is 11.3. The largest absolute Gasteiger partial charge is 0.250 e. The number of H-pyrrole nitrogens is 1. The lowest BCUT2D eigenvalue weighted by molar-refractivity contribution is -0.592. The summed E-state index contributed by atoms with van der Waals surface area (Å²) in [7, 11) is 0. The van der Waals surface area contributed by atoms with Gasteiger partial charge in [-0.3, -0.25) is 0 Å². The molecule has 1 aromatic carbocycles. The molecule has 0 atom stereocenters. The number of nitrogens with one attached hydrogen (secondary N) is 1. The number of halogens is 3. The fourth-order valence-electron chi connectivity index (χ4n) is 1.84. The van der Waals surface area contributed by atoms with Gasteiger partial charge in [-0.15, -0.1) is 0 Å². The monoisotopic (exact) mass is 298 g/mol. The Morgan fingerprint density at radius 1 is 1.17 bits per heavy atom. The standard InChI is InChI=1S/C12H6Cl3N3/c13-8-2-1-7-9(18-4-3-16-6-18)5-10(14)17-12(7)11(8)15/h1-6H/p+1. The van der Waals surface area contributed by atoms with Crippen LogP contribution in [-0.2, 0) is 0 Å². The van der Waals surface area contributed by atoms with Gasteiger partial charge >= 0.3 is 0 Å². The zero-order valence-electron chi connectivity index (χ0n) is 8.99. The van der Waals surface area contributed by atoms with Gasteiger partial charge in [0.1, 0.15) is 23.2 Å². The van der Waals surface area contributed by atoms with Gasteiger partial charge in [0.25, 0.3) is 0 Å². The third kappa shape index (κ3) is 1.85. The van der Waals surface area contributed by atoms with Crippen LogP contribution in [-0.4, -0.2) is 9.97 Å². The number of aromatic amines is 1. The Labute approximate surface area is 118 Å². The van der Waals surface area contributed by atoms with Gasteiger partial charge in [-0.05, 0) is 12.1 Å². The summed E-state index contributed by atoms with van der Waals surface area (Å²) in [6.07, 6.45) is 5.51. The third-order valence-corrected chi connectivity index (χ3v) is 3.63. The van der Waals surface area contributed by atoms with Crippen LogP contribution in [0.5, 0.6) is 0 Å². The summed E-state index contributed by atoms with van der Waals surface area (Å²) in [5.74, 6) is 0. The lowest BCUT2D eigenvalue weighted by Crippen LogP contribution is -2.27. The van der Waals surface area contributed by atoms with Crippen molar-refractivity contribution in [3.63, 3.8) is 0 Å². The minimum Gasteiger partial charge on any atom is -0.250 e. The molecule has 0 fully saturated rings. The van der Waals surface area contributed by atoms with Crippen LogP contribution in [0.2, 0.25) is 15.2 Å². The van der Waals surface area contributed by atoms with Gasteiger partial charge in [0.15, 0.2) is 0 Å². The van der Waals surface area contributed by atoms with Crippen molar-refractivity contribution in [3.05, 3.63) is 52.1 Å². The van der Waals surface area contributed by atoms with Crippen molar-refractivity contribution in [1.29, 1.82) is 0 Å². The molecule has 0 radical (unpaired) electrons. The van der Waals surface area contributed by atoms with E-state index in [-0.39, 0.29) is 0 Å². The van der Waals surface area contributed by atoms with Crippen molar-refractivity contribution in [1.82, 2.24) is 9.97 Å². The van der Waals surface area contributed by atoms with Crippen molar-refractivity contribution in [2.24, 2.45) is 0 Å². The number of rotatable bonds is 1. The van der Waals surface area contributed by atoms with Crippen LogP contribution in [0.25, 0.3) is 16.6 Å². The number of pyridine rings is 1. The Balaban J connectivity index is 2.43.